The van der Waals surface area contributed by atoms with Crippen molar-refractivity contribution in [2.75, 3.05) is 13.2 Å². The van der Waals surface area contributed by atoms with Gasteiger partial charge in [0.15, 0.2) is 5.79 Å². The standard InChI is InChI=1S/C13H25NO2/c1-3-4-11(2)14-12-5-7-13(8-6-12)15-9-10-16-13/h11-12,14H,3-10H2,1-2H3. The Morgan fingerprint density at radius 3 is 2.44 bits per heavy atom. The molecule has 1 spiro atoms. The molecule has 1 N–H and O–H groups in total. The summed E-state index contributed by atoms with van der Waals surface area (Å²) in [4.78, 5) is 0. The zero-order valence-corrected chi connectivity index (χ0v) is 10.6. The van der Waals surface area contributed by atoms with Crippen molar-refractivity contribution < 1.29 is 9.47 Å². The van der Waals surface area contributed by atoms with Crippen LogP contribution >= 0.6 is 0 Å². The third-order valence-corrected chi connectivity index (χ3v) is 3.80. The highest BCUT2D eigenvalue weighted by Crippen LogP contribution is 2.35. The van der Waals surface area contributed by atoms with Gasteiger partial charge >= 0.3 is 0 Å². The van der Waals surface area contributed by atoms with E-state index in [0.717, 1.165) is 26.1 Å². The maximum absolute atomic E-state index is 5.73. The van der Waals surface area contributed by atoms with Crippen LogP contribution in [0.2, 0.25) is 0 Å². The minimum atomic E-state index is -0.202. The Kier molecular flexibility index (Phi) is 4.22. The number of rotatable bonds is 4. The van der Waals surface area contributed by atoms with E-state index in [1.54, 1.807) is 0 Å². The summed E-state index contributed by atoms with van der Waals surface area (Å²) in [5, 5.41) is 3.71. The molecule has 1 saturated carbocycles. The SMILES string of the molecule is CCCC(C)NC1CCC2(CC1)OCCO2. The molecule has 2 rings (SSSR count). The van der Waals surface area contributed by atoms with Crippen molar-refractivity contribution in [3.63, 3.8) is 0 Å². The lowest BCUT2D eigenvalue weighted by molar-refractivity contribution is -0.179. The van der Waals surface area contributed by atoms with E-state index in [1.807, 2.05) is 0 Å². The molecule has 1 unspecified atom stereocenters. The first kappa shape index (κ1) is 12.3. The smallest absolute Gasteiger partial charge is 0.168 e. The van der Waals surface area contributed by atoms with Crippen LogP contribution < -0.4 is 5.32 Å². The lowest BCUT2D eigenvalue weighted by Gasteiger charge is -2.36. The van der Waals surface area contributed by atoms with Crippen molar-refractivity contribution in [3.05, 3.63) is 0 Å². The zero-order valence-electron chi connectivity index (χ0n) is 10.6. The molecule has 3 heteroatoms. The Balaban J connectivity index is 1.72. The fraction of sp³-hybridized carbons (Fsp3) is 1.00. The van der Waals surface area contributed by atoms with E-state index in [2.05, 4.69) is 19.2 Å². The molecular formula is C13H25NO2. The Hall–Kier alpha value is -0.120. The highest BCUT2D eigenvalue weighted by atomic mass is 16.7. The van der Waals surface area contributed by atoms with E-state index >= 15 is 0 Å². The van der Waals surface area contributed by atoms with Crippen molar-refractivity contribution >= 4 is 0 Å². The second kappa shape index (κ2) is 5.48. The van der Waals surface area contributed by atoms with Gasteiger partial charge in [-0.15, -0.1) is 0 Å². The summed E-state index contributed by atoms with van der Waals surface area (Å²) in [6.45, 7) is 6.10. The topological polar surface area (TPSA) is 30.5 Å². The van der Waals surface area contributed by atoms with Gasteiger partial charge in [0.25, 0.3) is 0 Å². The molecule has 1 aliphatic carbocycles. The van der Waals surface area contributed by atoms with Gasteiger partial charge in [0.1, 0.15) is 0 Å². The van der Waals surface area contributed by atoms with Crippen LogP contribution in [0, 0.1) is 0 Å². The number of hydrogen-bond donors (Lipinski definition) is 1. The molecule has 0 aromatic heterocycles. The molecule has 0 bridgehead atoms. The fourth-order valence-corrected chi connectivity index (χ4v) is 2.93. The minimum Gasteiger partial charge on any atom is -0.348 e. The van der Waals surface area contributed by atoms with Crippen molar-refractivity contribution in [1.82, 2.24) is 5.32 Å². The molecule has 1 aliphatic heterocycles. The number of hydrogen-bond acceptors (Lipinski definition) is 3. The maximum atomic E-state index is 5.73. The number of nitrogens with one attached hydrogen (secondary N) is 1. The van der Waals surface area contributed by atoms with Gasteiger partial charge in [-0.05, 0) is 26.2 Å². The van der Waals surface area contributed by atoms with Gasteiger partial charge in [0.05, 0.1) is 13.2 Å². The largest absolute Gasteiger partial charge is 0.348 e. The van der Waals surface area contributed by atoms with E-state index in [0.29, 0.717) is 12.1 Å². The zero-order chi connectivity index (χ0) is 11.4. The molecular weight excluding hydrogens is 202 g/mol. The fourth-order valence-electron chi connectivity index (χ4n) is 2.93. The monoisotopic (exact) mass is 227 g/mol. The Labute approximate surface area is 98.9 Å². The van der Waals surface area contributed by atoms with Crippen molar-refractivity contribution in [2.45, 2.75) is 70.2 Å². The summed E-state index contributed by atoms with van der Waals surface area (Å²) >= 11 is 0. The summed E-state index contributed by atoms with van der Waals surface area (Å²) in [6.07, 6.45) is 7.03. The lowest BCUT2D eigenvalue weighted by Crippen LogP contribution is -2.44. The van der Waals surface area contributed by atoms with Crippen LogP contribution in [-0.2, 0) is 9.47 Å². The van der Waals surface area contributed by atoms with Gasteiger partial charge in [-0.3, -0.25) is 0 Å². The molecule has 2 aliphatic rings. The van der Waals surface area contributed by atoms with Gasteiger partial charge in [-0.25, -0.2) is 0 Å². The molecule has 1 heterocycles. The molecule has 0 aromatic rings. The first-order valence-electron chi connectivity index (χ1n) is 6.78. The average Bonchev–Trinajstić information content (AvgIpc) is 2.71. The Bertz CT molecular complexity index is 204. The lowest BCUT2D eigenvalue weighted by atomic mass is 9.89. The highest BCUT2D eigenvalue weighted by molar-refractivity contribution is 4.86. The predicted molar refractivity (Wildman–Crippen MR) is 64.4 cm³/mol. The van der Waals surface area contributed by atoms with Crippen molar-refractivity contribution in [1.29, 1.82) is 0 Å². The van der Waals surface area contributed by atoms with E-state index in [1.165, 1.54) is 25.7 Å². The Morgan fingerprint density at radius 2 is 1.88 bits per heavy atom. The van der Waals surface area contributed by atoms with Crippen LogP contribution in [0.1, 0.15) is 52.4 Å². The second-order valence-corrected chi connectivity index (χ2v) is 5.24. The van der Waals surface area contributed by atoms with Gasteiger partial charge in [0.2, 0.25) is 0 Å². The number of ether oxygens (including phenoxy) is 2. The van der Waals surface area contributed by atoms with E-state index in [-0.39, 0.29) is 5.79 Å². The van der Waals surface area contributed by atoms with Crippen LogP contribution in [0.5, 0.6) is 0 Å². The van der Waals surface area contributed by atoms with Crippen LogP contribution in [0.15, 0.2) is 0 Å². The summed E-state index contributed by atoms with van der Waals surface area (Å²) in [7, 11) is 0. The summed E-state index contributed by atoms with van der Waals surface area (Å²) < 4.78 is 11.5. The molecule has 0 aromatic carbocycles. The average molecular weight is 227 g/mol. The molecule has 0 amide bonds. The van der Waals surface area contributed by atoms with Crippen molar-refractivity contribution in [2.24, 2.45) is 0 Å². The molecule has 94 valence electrons. The molecule has 2 fully saturated rings. The molecule has 3 nitrogen and oxygen atoms in total. The second-order valence-electron chi connectivity index (χ2n) is 5.24. The first-order valence-corrected chi connectivity index (χ1v) is 6.78. The maximum Gasteiger partial charge on any atom is 0.168 e. The van der Waals surface area contributed by atoms with Crippen LogP contribution in [-0.4, -0.2) is 31.1 Å². The highest BCUT2D eigenvalue weighted by Gasteiger charge is 2.40. The molecule has 1 atom stereocenters. The van der Waals surface area contributed by atoms with Crippen molar-refractivity contribution in [3.8, 4) is 0 Å². The van der Waals surface area contributed by atoms with Gasteiger partial charge in [0, 0.05) is 24.9 Å². The summed E-state index contributed by atoms with van der Waals surface area (Å²) in [6, 6.07) is 1.31. The van der Waals surface area contributed by atoms with E-state index in [4.69, 9.17) is 9.47 Å². The summed E-state index contributed by atoms with van der Waals surface area (Å²) in [5.41, 5.74) is 0. The minimum absolute atomic E-state index is 0.202. The first-order chi connectivity index (χ1) is 7.74. The van der Waals surface area contributed by atoms with E-state index in [9.17, 15) is 0 Å². The van der Waals surface area contributed by atoms with E-state index < -0.39 is 0 Å². The Morgan fingerprint density at radius 1 is 1.25 bits per heavy atom. The third-order valence-electron chi connectivity index (χ3n) is 3.80. The quantitative estimate of drug-likeness (QED) is 0.800. The summed E-state index contributed by atoms with van der Waals surface area (Å²) in [5.74, 6) is -0.202. The molecule has 1 saturated heterocycles. The van der Waals surface area contributed by atoms with Crippen LogP contribution in [0.3, 0.4) is 0 Å². The van der Waals surface area contributed by atoms with Gasteiger partial charge < -0.3 is 14.8 Å². The predicted octanol–water partition coefficient (Wildman–Crippen LogP) is 2.45. The normalized spacial score (nSPS) is 27.4. The van der Waals surface area contributed by atoms with Gasteiger partial charge in [-0.2, -0.15) is 0 Å². The van der Waals surface area contributed by atoms with Crippen LogP contribution in [0.25, 0.3) is 0 Å². The van der Waals surface area contributed by atoms with Gasteiger partial charge in [-0.1, -0.05) is 13.3 Å². The third kappa shape index (κ3) is 2.96. The van der Waals surface area contributed by atoms with Crippen LogP contribution in [0.4, 0.5) is 0 Å². The molecule has 16 heavy (non-hydrogen) atoms. The molecule has 0 radical (unpaired) electrons.